The van der Waals surface area contributed by atoms with E-state index in [-0.39, 0.29) is 0 Å². The minimum atomic E-state index is -0.927. The molecule has 5 heteroatoms. The van der Waals surface area contributed by atoms with Crippen LogP contribution in [0, 0.1) is 0 Å². The van der Waals surface area contributed by atoms with Gasteiger partial charge in [0.15, 0.2) is 4.90 Å². The van der Waals surface area contributed by atoms with Crippen molar-refractivity contribution in [1.82, 2.24) is 0 Å². The van der Waals surface area contributed by atoms with Gasteiger partial charge in [-0.05, 0) is 40.8 Å². The summed E-state index contributed by atoms with van der Waals surface area (Å²) in [4.78, 5) is 3.49. The van der Waals surface area contributed by atoms with Crippen molar-refractivity contribution in [2.24, 2.45) is 5.11 Å². The minimum absolute atomic E-state index is 0.463. The molecule has 0 fully saturated rings. The third-order valence-corrected chi connectivity index (χ3v) is 2.76. The normalized spacial score (nSPS) is 11.9. The summed E-state index contributed by atoms with van der Waals surface area (Å²) < 4.78 is 11.1. The third kappa shape index (κ3) is 3.30. The minimum Gasteiger partial charge on any atom is -0.612 e. The molecule has 0 saturated heterocycles. The van der Waals surface area contributed by atoms with Gasteiger partial charge in [0.2, 0.25) is 0 Å². The molecule has 0 heterocycles. The van der Waals surface area contributed by atoms with Crippen LogP contribution in [0.2, 0.25) is 0 Å². The van der Waals surface area contributed by atoms with E-state index >= 15 is 0 Å². The summed E-state index contributed by atoms with van der Waals surface area (Å²) in [7, 11) is 0. The van der Waals surface area contributed by atoms with E-state index in [4.69, 9.17) is 5.53 Å². The average molecular weight is 209 g/mol. The first-order valence-electron chi connectivity index (χ1n) is 4.17. The molecule has 0 aliphatic heterocycles. The zero-order valence-corrected chi connectivity index (χ0v) is 8.70. The van der Waals surface area contributed by atoms with Gasteiger partial charge in [0.1, 0.15) is 6.26 Å². The van der Waals surface area contributed by atoms with Gasteiger partial charge in [-0.2, -0.15) is 0 Å². The number of benzene rings is 1. The number of hydrogen-bond donors (Lipinski definition) is 0. The highest BCUT2D eigenvalue weighted by Crippen LogP contribution is 2.10. The molecule has 4 nitrogen and oxygen atoms in total. The Kier molecular flexibility index (Phi) is 4.32. The second-order valence-corrected chi connectivity index (χ2v) is 4.18. The number of azide groups is 1. The van der Waals surface area contributed by atoms with Gasteiger partial charge in [0.05, 0.1) is 0 Å². The van der Waals surface area contributed by atoms with Crippen LogP contribution in [-0.4, -0.2) is 17.4 Å². The molecule has 0 aliphatic rings. The van der Waals surface area contributed by atoms with E-state index in [1.54, 1.807) is 6.26 Å². The molecule has 0 aromatic heterocycles. The summed E-state index contributed by atoms with van der Waals surface area (Å²) in [5.41, 5.74) is 9.17. The first kappa shape index (κ1) is 10.9. The third-order valence-electron chi connectivity index (χ3n) is 1.82. The zero-order valence-electron chi connectivity index (χ0n) is 7.88. The first-order chi connectivity index (χ1) is 6.74. The van der Waals surface area contributed by atoms with Gasteiger partial charge in [0.25, 0.3) is 0 Å². The maximum absolute atomic E-state index is 11.1. The summed E-state index contributed by atoms with van der Waals surface area (Å²) in [5, 5.41) is 3.45. The SMILES string of the molecule is C[S+]([O-])c1ccc(CCN=[N+]=[N-])cc1. The zero-order chi connectivity index (χ0) is 10.4. The van der Waals surface area contributed by atoms with Crippen LogP contribution in [0.25, 0.3) is 10.4 Å². The molecule has 14 heavy (non-hydrogen) atoms. The molecular formula is C9H11N3OS. The molecule has 1 atom stereocenters. The van der Waals surface area contributed by atoms with Crippen molar-refractivity contribution >= 4 is 11.2 Å². The van der Waals surface area contributed by atoms with E-state index in [1.165, 1.54) is 0 Å². The lowest BCUT2D eigenvalue weighted by atomic mass is 10.2. The Balaban J connectivity index is 2.59. The van der Waals surface area contributed by atoms with Crippen molar-refractivity contribution < 1.29 is 4.55 Å². The Labute approximate surface area is 85.8 Å². The van der Waals surface area contributed by atoms with E-state index in [2.05, 4.69) is 10.0 Å². The largest absolute Gasteiger partial charge is 0.612 e. The fraction of sp³-hybridized carbons (Fsp3) is 0.333. The van der Waals surface area contributed by atoms with E-state index < -0.39 is 11.2 Å². The van der Waals surface area contributed by atoms with Crippen molar-refractivity contribution in [3.8, 4) is 0 Å². The highest BCUT2D eigenvalue weighted by molar-refractivity contribution is 7.90. The topological polar surface area (TPSA) is 71.8 Å². The number of rotatable bonds is 4. The lowest BCUT2D eigenvalue weighted by Crippen LogP contribution is -1.97. The molecule has 74 valence electrons. The monoisotopic (exact) mass is 209 g/mol. The molecule has 1 aromatic carbocycles. The summed E-state index contributed by atoms with van der Waals surface area (Å²) in [6, 6.07) is 7.48. The van der Waals surface area contributed by atoms with E-state index in [9.17, 15) is 4.55 Å². The predicted molar refractivity (Wildman–Crippen MR) is 56.5 cm³/mol. The molecule has 0 aliphatic carbocycles. The van der Waals surface area contributed by atoms with Gasteiger partial charge in [0, 0.05) is 11.5 Å². The molecule has 0 N–H and O–H groups in total. The van der Waals surface area contributed by atoms with Gasteiger partial charge < -0.3 is 4.55 Å². The van der Waals surface area contributed by atoms with Crippen LogP contribution >= 0.6 is 0 Å². The Morgan fingerprint density at radius 1 is 1.43 bits per heavy atom. The highest BCUT2D eigenvalue weighted by Gasteiger charge is 2.02. The molecule has 1 unspecified atom stereocenters. The van der Waals surface area contributed by atoms with Crippen molar-refractivity contribution in [2.75, 3.05) is 12.8 Å². The second kappa shape index (κ2) is 5.54. The molecule has 1 aromatic rings. The standard InChI is InChI=1S/C9H11N3OS/c1-14(13)9-4-2-8(3-5-9)6-7-11-12-10/h2-5H,6-7H2,1H3. The smallest absolute Gasteiger partial charge is 0.152 e. The molecular weight excluding hydrogens is 198 g/mol. The lowest BCUT2D eigenvalue weighted by molar-refractivity contribution is 0.601. The molecule has 0 spiro atoms. The van der Waals surface area contributed by atoms with E-state index in [1.807, 2.05) is 24.3 Å². The quantitative estimate of drug-likeness (QED) is 0.324. The Bertz CT molecular complexity index is 330. The Morgan fingerprint density at radius 3 is 2.57 bits per heavy atom. The summed E-state index contributed by atoms with van der Waals surface area (Å²) >= 11 is -0.927. The second-order valence-electron chi connectivity index (χ2n) is 2.80. The lowest BCUT2D eigenvalue weighted by Gasteiger charge is -2.04. The fourth-order valence-electron chi connectivity index (χ4n) is 1.07. The van der Waals surface area contributed by atoms with Crippen LogP contribution in [0.4, 0.5) is 0 Å². The number of hydrogen-bond acceptors (Lipinski definition) is 2. The van der Waals surface area contributed by atoms with Crippen LogP contribution in [0.15, 0.2) is 34.3 Å². The van der Waals surface area contributed by atoms with Crippen LogP contribution in [0.3, 0.4) is 0 Å². The Morgan fingerprint density at radius 2 is 2.07 bits per heavy atom. The maximum Gasteiger partial charge on any atom is 0.152 e. The van der Waals surface area contributed by atoms with Crippen LogP contribution < -0.4 is 0 Å². The van der Waals surface area contributed by atoms with Gasteiger partial charge in [-0.1, -0.05) is 17.2 Å². The van der Waals surface area contributed by atoms with Crippen LogP contribution in [0.1, 0.15) is 5.56 Å². The summed E-state index contributed by atoms with van der Waals surface area (Å²) in [6.07, 6.45) is 2.37. The fourth-order valence-corrected chi connectivity index (χ4v) is 1.59. The van der Waals surface area contributed by atoms with Crippen molar-refractivity contribution in [2.45, 2.75) is 11.3 Å². The van der Waals surface area contributed by atoms with Crippen LogP contribution in [0.5, 0.6) is 0 Å². The predicted octanol–water partition coefficient (Wildman–Crippen LogP) is 2.28. The Hall–Kier alpha value is -1.16. The molecule has 0 bridgehead atoms. The highest BCUT2D eigenvalue weighted by atomic mass is 32.2. The molecule has 0 saturated carbocycles. The van der Waals surface area contributed by atoms with Crippen molar-refractivity contribution in [3.05, 3.63) is 40.3 Å². The van der Waals surface area contributed by atoms with Gasteiger partial charge >= 0.3 is 0 Å². The number of nitrogens with zero attached hydrogens (tertiary/aromatic N) is 3. The van der Waals surface area contributed by atoms with Gasteiger partial charge in [-0.25, -0.2) is 0 Å². The van der Waals surface area contributed by atoms with Gasteiger partial charge in [-0.15, -0.1) is 0 Å². The average Bonchev–Trinajstić information content (AvgIpc) is 2.19. The molecule has 0 amide bonds. The van der Waals surface area contributed by atoms with Crippen molar-refractivity contribution in [1.29, 1.82) is 0 Å². The van der Waals surface area contributed by atoms with Crippen LogP contribution in [-0.2, 0) is 17.6 Å². The molecule has 1 rings (SSSR count). The summed E-state index contributed by atoms with van der Waals surface area (Å²) in [6.45, 7) is 0.463. The van der Waals surface area contributed by atoms with Crippen molar-refractivity contribution in [3.63, 3.8) is 0 Å². The van der Waals surface area contributed by atoms with E-state index in [0.29, 0.717) is 6.54 Å². The first-order valence-corrected chi connectivity index (χ1v) is 5.73. The molecule has 0 radical (unpaired) electrons. The van der Waals surface area contributed by atoms with E-state index in [0.717, 1.165) is 16.9 Å². The maximum atomic E-state index is 11.1. The summed E-state index contributed by atoms with van der Waals surface area (Å²) in [5.74, 6) is 0. The van der Waals surface area contributed by atoms with Gasteiger partial charge in [-0.3, -0.25) is 0 Å².